The number of methoxy groups -OCH3 is 1. The Balaban J connectivity index is 1.42. The molecule has 2 aromatic carbocycles. The predicted molar refractivity (Wildman–Crippen MR) is 118 cm³/mol. The van der Waals surface area contributed by atoms with E-state index in [0.717, 1.165) is 23.5 Å². The van der Waals surface area contributed by atoms with Crippen LogP contribution in [0, 0.1) is 11.6 Å². The molecule has 0 spiro atoms. The van der Waals surface area contributed by atoms with Crippen LogP contribution in [0.4, 0.5) is 14.5 Å². The SMILES string of the molecule is COc1ccc(NC(=O)C(C)Oc2ccc(F)c(F)c2)cc1OCc1cn2ccccc2n1. The van der Waals surface area contributed by atoms with Crippen molar-refractivity contribution in [2.75, 3.05) is 12.4 Å². The lowest BCUT2D eigenvalue weighted by molar-refractivity contribution is -0.122. The highest BCUT2D eigenvalue weighted by Crippen LogP contribution is 2.31. The molecule has 1 atom stereocenters. The minimum absolute atomic E-state index is 0.0442. The molecule has 4 rings (SSSR count). The fraction of sp³-hybridized carbons (Fsp3) is 0.167. The second-order valence-electron chi connectivity index (χ2n) is 7.18. The van der Waals surface area contributed by atoms with Gasteiger partial charge in [-0.2, -0.15) is 0 Å². The second kappa shape index (κ2) is 9.56. The Morgan fingerprint density at radius 3 is 2.70 bits per heavy atom. The van der Waals surface area contributed by atoms with Crippen LogP contribution < -0.4 is 19.5 Å². The first kappa shape index (κ1) is 22.1. The maximum Gasteiger partial charge on any atom is 0.265 e. The van der Waals surface area contributed by atoms with Crippen LogP contribution in [0.5, 0.6) is 17.2 Å². The van der Waals surface area contributed by atoms with Gasteiger partial charge in [-0.25, -0.2) is 13.8 Å². The molecule has 0 saturated heterocycles. The van der Waals surface area contributed by atoms with E-state index in [-0.39, 0.29) is 12.4 Å². The zero-order chi connectivity index (χ0) is 23.4. The van der Waals surface area contributed by atoms with E-state index in [1.807, 2.05) is 35.0 Å². The summed E-state index contributed by atoms with van der Waals surface area (Å²) in [4.78, 5) is 17.0. The molecule has 4 aromatic rings. The van der Waals surface area contributed by atoms with Crippen LogP contribution in [0.1, 0.15) is 12.6 Å². The molecular weight excluding hydrogens is 432 g/mol. The van der Waals surface area contributed by atoms with E-state index in [4.69, 9.17) is 14.2 Å². The number of hydrogen-bond acceptors (Lipinski definition) is 5. The number of rotatable bonds is 8. The first-order chi connectivity index (χ1) is 15.9. The third-order valence-electron chi connectivity index (χ3n) is 4.79. The van der Waals surface area contributed by atoms with E-state index in [0.29, 0.717) is 17.2 Å². The number of nitrogens with one attached hydrogen (secondary N) is 1. The van der Waals surface area contributed by atoms with Gasteiger partial charge in [-0.3, -0.25) is 4.79 Å². The van der Waals surface area contributed by atoms with Gasteiger partial charge in [0.1, 0.15) is 18.0 Å². The number of fused-ring (bicyclic) bond motifs is 1. The molecule has 33 heavy (non-hydrogen) atoms. The second-order valence-corrected chi connectivity index (χ2v) is 7.18. The Labute approximate surface area is 188 Å². The first-order valence-corrected chi connectivity index (χ1v) is 10.1. The molecule has 1 amide bonds. The molecule has 0 saturated carbocycles. The van der Waals surface area contributed by atoms with E-state index in [9.17, 15) is 13.6 Å². The maximum absolute atomic E-state index is 13.4. The molecule has 1 unspecified atom stereocenters. The summed E-state index contributed by atoms with van der Waals surface area (Å²) in [5, 5.41) is 2.71. The first-order valence-electron chi connectivity index (χ1n) is 10.1. The number of carbonyl (C=O) groups excluding carboxylic acids is 1. The molecule has 9 heteroatoms. The van der Waals surface area contributed by atoms with Crippen molar-refractivity contribution in [2.24, 2.45) is 0 Å². The number of amides is 1. The van der Waals surface area contributed by atoms with Gasteiger partial charge in [-0.1, -0.05) is 6.07 Å². The number of nitrogens with zero attached hydrogens (tertiary/aromatic N) is 2. The molecule has 7 nitrogen and oxygen atoms in total. The van der Waals surface area contributed by atoms with Crippen molar-refractivity contribution in [2.45, 2.75) is 19.6 Å². The number of anilines is 1. The summed E-state index contributed by atoms with van der Waals surface area (Å²) in [6, 6.07) is 13.7. The molecule has 0 aliphatic rings. The van der Waals surface area contributed by atoms with Crippen LogP contribution in [-0.4, -0.2) is 28.5 Å². The van der Waals surface area contributed by atoms with Gasteiger partial charge in [0.15, 0.2) is 29.2 Å². The van der Waals surface area contributed by atoms with Gasteiger partial charge in [0.25, 0.3) is 5.91 Å². The average Bonchev–Trinajstić information content (AvgIpc) is 3.23. The Bertz CT molecular complexity index is 1260. The fourth-order valence-corrected chi connectivity index (χ4v) is 3.13. The smallest absolute Gasteiger partial charge is 0.265 e. The summed E-state index contributed by atoms with van der Waals surface area (Å²) in [6.07, 6.45) is 2.80. The lowest BCUT2D eigenvalue weighted by Crippen LogP contribution is -2.30. The van der Waals surface area contributed by atoms with Gasteiger partial charge < -0.3 is 23.9 Å². The highest BCUT2D eigenvalue weighted by atomic mass is 19.2. The topological polar surface area (TPSA) is 74.1 Å². The fourth-order valence-electron chi connectivity index (χ4n) is 3.13. The van der Waals surface area contributed by atoms with Crippen molar-refractivity contribution in [1.29, 1.82) is 0 Å². The van der Waals surface area contributed by atoms with Crippen molar-refractivity contribution < 1.29 is 27.8 Å². The molecular formula is C24H21F2N3O4. The summed E-state index contributed by atoms with van der Waals surface area (Å²) in [5.41, 5.74) is 1.98. The van der Waals surface area contributed by atoms with Gasteiger partial charge in [0.05, 0.1) is 12.8 Å². The van der Waals surface area contributed by atoms with Crippen molar-refractivity contribution >= 4 is 17.2 Å². The molecule has 0 fully saturated rings. The average molecular weight is 453 g/mol. The molecule has 2 aromatic heterocycles. The number of benzene rings is 2. The molecule has 0 bridgehead atoms. The summed E-state index contributed by atoms with van der Waals surface area (Å²) >= 11 is 0. The van der Waals surface area contributed by atoms with E-state index in [1.54, 1.807) is 18.2 Å². The highest BCUT2D eigenvalue weighted by Gasteiger charge is 2.17. The van der Waals surface area contributed by atoms with Crippen LogP contribution in [0.3, 0.4) is 0 Å². The quantitative estimate of drug-likeness (QED) is 0.422. The minimum atomic E-state index is -1.05. The van der Waals surface area contributed by atoms with Gasteiger partial charge in [-0.05, 0) is 43.3 Å². The number of imidazole rings is 1. The van der Waals surface area contributed by atoms with Gasteiger partial charge >= 0.3 is 0 Å². The number of halogens is 2. The van der Waals surface area contributed by atoms with Crippen molar-refractivity contribution in [3.63, 3.8) is 0 Å². The summed E-state index contributed by atoms with van der Waals surface area (Å²) in [7, 11) is 1.52. The molecule has 0 radical (unpaired) electrons. The Kier molecular flexibility index (Phi) is 6.39. The van der Waals surface area contributed by atoms with Crippen molar-refractivity contribution in [1.82, 2.24) is 9.38 Å². The van der Waals surface area contributed by atoms with E-state index >= 15 is 0 Å². The zero-order valence-corrected chi connectivity index (χ0v) is 17.9. The van der Waals surface area contributed by atoms with E-state index < -0.39 is 23.6 Å². The molecule has 2 heterocycles. The number of carbonyl (C=O) groups is 1. The van der Waals surface area contributed by atoms with Crippen molar-refractivity contribution in [3.8, 4) is 17.2 Å². The normalized spacial score (nSPS) is 11.8. The Morgan fingerprint density at radius 1 is 1.09 bits per heavy atom. The lowest BCUT2D eigenvalue weighted by atomic mass is 10.2. The summed E-state index contributed by atoms with van der Waals surface area (Å²) < 4.78 is 45.0. The van der Waals surface area contributed by atoms with Gasteiger partial charge in [0, 0.05) is 30.2 Å². The molecule has 1 N–H and O–H groups in total. The number of ether oxygens (including phenoxy) is 3. The largest absolute Gasteiger partial charge is 0.493 e. The Morgan fingerprint density at radius 2 is 1.94 bits per heavy atom. The summed E-state index contributed by atoms with van der Waals surface area (Å²) in [5.74, 6) is -1.57. The van der Waals surface area contributed by atoms with Gasteiger partial charge in [-0.15, -0.1) is 0 Å². The molecule has 170 valence electrons. The van der Waals surface area contributed by atoms with Crippen LogP contribution in [0.25, 0.3) is 5.65 Å². The zero-order valence-electron chi connectivity index (χ0n) is 17.9. The molecule has 0 aliphatic carbocycles. The third kappa shape index (κ3) is 5.20. The molecule has 0 aliphatic heterocycles. The van der Waals surface area contributed by atoms with Gasteiger partial charge in [0.2, 0.25) is 0 Å². The van der Waals surface area contributed by atoms with E-state index in [1.165, 1.54) is 20.1 Å². The number of aromatic nitrogens is 2. The maximum atomic E-state index is 13.4. The number of pyridine rings is 1. The highest BCUT2D eigenvalue weighted by molar-refractivity contribution is 5.94. The number of hydrogen-bond donors (Lipinski definition) is 1. The minimum Gasteiger partial charge on any atom is -0.493 e. The summed E-state index contributed by atoms with van der Waals surface area (Å²) in [6.45, 7) is 1.70. The van der Waals surface area contributed by atoms with Crippen LogP contribution in [0.15, 0.2) is 67.0 Å². The van der Waals surface area contributed by atoms with E-state index in [2.05, 4.69) is 10.3 Å². The van der Waals surface area contributed by atoms with Crippen LogP contribution >= 0.6 is 0 Å². The van der Waals surface area contributed by atoms with Crippen LogP contribution in [-0.2, 0) is 11.4 Å². The predicted octanol–water partition coefficient (Wildman–Crippen LogP) is 4.61. The van der Waals surface area contributed by atoms with Crippen LogP contribution in [0.2, 0.25) is 0 Å². The lowest BCUT2D eigenvalue weighted by Gasteiger charge is -2.16. The standard InChI is InChI=1S/C24H21F2N3O4/c1-15(33-18-7-8-19(25)20(26)12-18)24(30)28-16-6-9-21(31-2)22(11-16)32-14-17-13-29-10-4-3-5-23(29)27-17/h3-13,15H,14H2,1-2H3,(H,28,30). The van der Waals surface area contributed by atoms with Crippen molar-refractivity contribution in [3.05, 3.63) is 84.3 Å². The monoisotopic (exact) mass is 453 g/mol. The third-order valence-corrected chi connectivity index (χ3v) is 4.79. The Hall–Kier alpha value is -4.14.